The Morgan fingerprint density at radius 2 is 1.93 bits per heavy atom. The Balaban J connectivity index is 4.09. The topological polar surface area (TPSA) is 58.2 Å². The van der Waals surface area contributed by atoms with Gasteiger partial charge in [-0.05, 0) is 13.3 Å². The molecule has 0 aliphatic heterocycles. The molecule has 0 rings (SSSR count). The van der Waals surface area contributed by atoms with Crippen LogP contribution in [0.2, 0.25) is 0 Å². The Kier molecular flexibility index (Phi) is 7.21. The van der Waals surface area contributed by atoms with Crippen LogP contribution in [0.5, 0.6) is 0 Å². The van der Waals surface area contributed by atoms with Crippen molar-refractivity contribution in [3.63, 3.8) is 0 Å². The quantitative estimate of drug-likeness (QED) is 0.591. The molecule has 0 radical (unpaired) electrons. The lowest BCUT2D eigenvalue weighted by Gasteiger charge is -2.19. The Morgan fingerprint density at radius 3 is 2.33 bits per heavy atom. The summed E-state index contributed by atoms with van der Waals surface area (Å²) in [4.78, 5) is 22.4. The Morgan fingerprint density at radius 1 is 1.33 bits per heavy atom. The summed E-state index contributed by atoms with van der Waals surface area (Å²) in [6.07, 6.45) is 1.96. The summed E-state index contributed by atoms with van der Waals surface area (Å²) < 4.78 is 0. The molecule has 2 N–H and O–H groups in total. The third-order valence-corrected chi connectivity index (χ3v) is 2.35. The molecule has 0 spiro atoms. The van der Waals surface area contributed by atoms with Crippen LogP contribution in [0.15, 0.2) is 0 Å². The van der Waals surface area contributed by atoms with Crippen molar-refractivity contribution in [3.8, 4) is 0 Å². The van der Waals surface area contributed by atoms with Gasteiger partial charge in [-0.15, -0.1) is 0 Å². The lowest BCUT2D eigenvalue weighted by atomic mass is 10.2. The molecule has 0 aliphatic carbocycles. The third-order valence-electron chi connectivity index (χ3n) is 1.99. The van der Waals surface area contributed by atoms with Crippen LogP contribution in [-0.4, -0.2) is 29.7 Å². The van der Waals surface area contributed by atoms with E-state index >= 15 is 0 Å². The summed E-state index contributed by atoms with van der Waals surface area (Å²) in [6.45, 7) is 5.40. The monoisotopic (exact) mass is 232 g/mol. The van der Waals surface area contributed by atoms with Crippen molar-refractivity contribution in [3.05, 3.63) is 0 Å². The van der Waals surface area contributed by atoms with Crippen molar-refractivity contribution in [1.29, 1.82) is 0 Å². The zero-order valence-corrected chi connectivity index (χ0v) is 10.4. The van der Waals surface area contributed by atoms with E-state index in [0.717, 1.165) is 12.8 Å². The number of carbonyl (C=O) groups excluding carboxylic acids is 2. The Hall–Kier alpha value is -0.710. The third kappa shape index (κ3) is 6.38. The van der Waals surface area contributed by atoms with E-state index in [1.54, 1.807) is 0 Å². The van der Waals surface area contributed by atoms with Crippen LogP contribution in [0.25, 0.3) is 0 Å². The maximum absolute atomic E-state index is 11.6. The van der Waals surface area contributed by atoms with Gasteiger partial charge in [-0.3, -0.25) is 9.59 Å². The van der Waals surface area contributed by atoms with Gasteiger partial charge in [0.2, 0.25) is 11.8 Å². The maximum Gasteiger partial charge on any atom is 0.243 e. The van der Waals surface area contributed by atoms with Gasteiger partial charge in [-0.1, -0.05) is 13.3 Å². The zero-order valence-electron chi connectivity index (χ0n) is 9.54. The molecule has 15 heavy (non-hydrogen) atoms. The highest BCUT2D eigenvalue weighted by Gasteiger charge is 2.18. The number of nitrogens with one attached hydrogen (secondary N) is 2. The standard InChI is InChI=1S/C10H20N2O2S/c1-4-5-7(2)11-10(14)9(6-15)12-8(3)13/h7,9,15H,4-6H2,1-3H3,(H,11,14)(H,12,13). The second-order valence-corrected chi connectivity index (χ2v) is 4.00. The lowest BCUT2D eigenvalue weighted by Crippen LogP contribution is -2.49. The number of rotatable bonds is 6. The fourth-order valence-corrected chi connectivity index (χ4v) is 1.55. The minimum Gasteiger partial charge on any atom is -0.352 e. The minimum atomic E-state index is -0.537. The summed E-state index contributed by atoms with van der Waals surface area (Å²) >= 11 is 4.03. The fourth-order valence-electron chi connectivity index (χ4n) is 1.29. The highest BCUT2D eigenvalue weighted by molar-refractivity contribution is 7.80. The van der Waals surface area contributed by atoms with Gasteiger partial charge >= 0.3 is 0 Å². The van der Waals surface area contributed by atoms with Gasteiger partial charge in [0.05, 0.1) is 0 Å². The average Bonchev–Trinajstić information content (AvgIpc) is 2.13. The van der Waals surface area contributed by atoms with Crippen molar-refractivity contribution >= 4 is 24.4 Å². The number of thiol groups is 1. The van der Waals surface area contributed by atoms with Gasteiger partial charge in [0.1, 0.15) is 6.04 Å². The molecule has 0 aromatic carbocycles. The highest BCUT2D eigenvalue weighted by atomic mass is 32.1. The molecule has 0 fully saturated rings. The molecule has 0 heterocycles. The molecule has 5 heteroatoms. The van der Waals surface area contributed by atoms with Crippen LogP contribution < -0.4 is 10.6 Å². The SMILES string of the molecule is CCCC(C)NC(=O)C(CS)NC(C)=O. The molecule has 4 nitrogen and oxygen atoms in total. The van der Waals surface area contributed by atoms with E-state index in [4.69, 9.17) is 0 Å². The van der Waals surface area contributed by atoms with Gasteiger partial charge in [0.25, 0.3) is 0 Å². The molecular weight excluding hydrogens is 212 g/mol. The van der Waals surface area contributed by atoms with E-state index in [1.807, 2.05) is 6.92 Å². The molecule has 2 amide bonds. The summed E-state index contributed by atoms with van der Waals surface area (Å²) in [6, 6.07) is -0.399. The highest BCUT2D eigenvalue weighted by Crippen LogP contribution is 1.96. The molecule has 0 saturated heterocycles. The second-order valence-electron chi connectivity index (χ2n) is 3.63. The average molecular weight is 232 g/mol. The maximum atomic E-state index is 11.6. The first kappa shape index (κ1) is 14.3. The predicted molar refractivity (Wildman–Crippen MR) is 64.0 cm³/mol. The van der Waals surface area contributed by atoms with Crippen molar-refractivity contribution in [1.82, 2.24) is 10.6 Å². The van der Waals surface area contributed by atoms with Gasteiger partial charge in [-0.2, -0.15) is 12.6 Å². The molecule has 0 aromatic heterocycles. The number of hydrogen-bond acceptors (Lipinski definition) is 3. The van der Waals surface area contributed by atoms with Crippen LogP contribution >= 0.6 is 12.6 Å². The van der Waals surface area contributed by atoms with E-state index in [-0.39, 0.29) is 17.9 Å². The zero-order chi connectivity index (χ0) is 11.8. The Labute approximate surface area is 96.6 Å². The lowest BCUT2D eigenvalue weighted by molar-refractivity contribution is -0.127. The van der Waals surface area contributed by atoms with E-state index in [0.29, 0.717) is 5.75 Å². The number of carbonyl (C=O) groups is 2. The summed E-state index contributed by atoms with van der Waals surface area (Å²) in [7, 11) is 0. The first-order valence-electron chi connectivity index (χ1n) is 5.19. The molecular formula is C10H20N2O2S. The molecule has 0 bridgehead atoms. The summed E-state index contributed by atoms with van der Waals surface area (Å²) in [5, 5.41) is 5.38. The molecule has 88 valence electrons. The van der Waals surface area contributed by atoms with Gasteiger partial charge < -0.3 is 10.6 Å². The van der Waals surface area contributed by atoms with Crippen LogP contribution in [-0.2, 0) is 9.59 Å². The van der Waals surface area contributed by atoms with E-state index < -0.39 is 6.04 Å². The van der Waals surface area contributed by atoms with Gasteiger partial charge in [-0.25, -0.2) is 0 Å². The van der Waals surface area contributed by atoms with Crippen LogP contribution in [0.4, 0.5) is 0 Å². The normalized spacial score (nSPS) is 14.1. The largest absolute Gasteiger partial charge is 0.352 e. The van der Waals surface area contributed by atoms with Gasteiger partial charge in [0, 0.05) is 18.7 Å². The minimum absolute atomic E-state index is 0.138. The van der Waals surface area contributed by atoms with E-state index in [1.165, 1.54) is 6.92 Å². The molecule has 0 saturated carbocycles. The van der Waals surface area contributed by atoms with E-state index in [2.05, 4.69) is 30.2 Å². The molecule has 0 aliphatic rings. The predicted octanol–water partition coefficient (Wildman–Crippen LogP) is 0.726. The molecule has 2 unspecified atom stereocenters. The fraction of sp³-hybridized carbons (Fsp3) is 0.800. The molecule has 2 atom stereocenters. The second kappa shape index (κ2) is 7.56. The van der Waals surface area contributed by atoms with Crippen molar-refractivity contribution in [2.45, 2.75) is 45.7 Å². The first-order valence-corrected chi connectivity index (χ1v) is 5.82. The smallest absolute Gasteiger partial charge is 0.243 e. The van der Waals surface area contributed by atoms with Crippen molar-refractivity contribution < 1.29 is 9.59 Å². The van der Waals surface area contributed by atoms with Crippen molar-refractivity contribution in [2.75, 3.05) is 5.75 Å². The summed E-state index contributed by atoms with van der Waals surface area (Å²) in [5.74, 6) is -0.0712. The van der Waals surface area contributed by atoms with Crippen LogP contribution in [0.1, 0.15) is 33.6 Å². The first-order chi connectivity index (χ1) is 7.01. The van der Waals surface area contributed by atoms with Crippen LogP contribution in [0.3, 0.4) is 0 Å². The number of hydrogen-bond donors (Lipinski definition) is 3. The summed E-state index contributed by atoms with van der Waals surface area (Å²) in [5.41, 5.74) is 0. The number of amides is 2. The van der Waals surface area contributed by atoms with Gasteiger partial charge in [0.15, 0.2) is 0 Å². The van der Waals surface area contributed by atoms with Crippen LogP contribution in [0, 0.1) is 0 Å². The van der Waals surface area contributed by atoms with Crippen molar-refractivity contribution in [2.24, 2.45) is 0 Å². The Bertz CT molecular complexity index is 221. The molecule has 0 aromatic rings. The van der Waals surface area contributed by atoms with E-state index in [9.17, 15) is 9.59 Å².